The Balaban J connectivity index is 1.46. The largest absolute Gasteiger partial charge is 0.397 e. The van der Waals surface area contributed by atoms with Crippen LogP contribution in [-0.2, 0) is 4.74 Å². The quantitative estimate of drug-likeness (QED) is 0.206. The molecule has 1 aliphatic heterocycles. The fraction of sp³-hybridized carbons (Fsp3) is 0.321. The number of nitrogens with two attached hydrogens (primary N) is 1. The molecule has 0 saturated carbocycles. The van der Waals surface area contributed by atoms with Gasteiger partial charge in [0.1, 0.15) is 5.82 Å². The Morgan fingerprint density at radius 2 is 1.84 bits per heavy atom. The molecule has 8 nitrogen and oxygen atoms in total. The van der Waals surface area contributed by atoms with Crippen LogP contribution in [0.3, 0.4) is 0 Å². The van der Waals surface area contributed by atoms with Gasteiger partial charge in [0, 0.05) is 42.3 Å². The molecule has 0 spiro atoms. The van der Waals surface area contributed by atoms with Crippen LogP contribution in [0.1, 0.15) is 16.8 Å². The number of morpholine rings is 1. The lowest BCUT2D eigenvalue weighted by Crippen LogP contribution is -2.36. The van der Waals surface area contributed by atoms with Gasteiger partial charge in [0.2, 0.25) is 0 Å². The minimum Gasteiger partial charge on any atom is -0.397 e. The monoisotopic (exact) mass is 540 g/mol. The molecule has 3 aromatic rings. The summed E-state index contributed by atoms with van der Waals surface area (Å²) in [5.41, 5.74) is 10.3. The Labute approximate surface area is 227 Å². The van der Waals surface area contributed by atoms with Crippen molar-refractivity contribution in [2.45, 2.75) is 6.42 Å². The van der Waals surface area contributed by atoms with E-state index in [0.717, 1.165) is 25.2 Å². The van der Waals surface area contributed by atoms with Crippen LogP contribution in [0, 0.1) is 5.82 Å². The van der Waals surface area contributed by atoms with Crippen LogP contribution < -0.4 is 26.6 Å². The molecule has 1 fully saturated rings. The van der Waals surface area contributed by atoms with Crippen LogP contribution in [0.5, 0.6) is 0 Å². The zero-order valence-electron chi connectivity index (χ0n) is 21.7. The summed E-state index contributed by atoms with van der Waals surface area (Å²) in [5.74, 6) is -0.805. The van der Waals surface area contributed by atoms with Crippen LogP contribution in [-0.4, -0.2) is 64.3 Å². The molecule has 0 aliphatic carbocycles. The SMILES string of the molecule is CN(C)CCCNc1ccc(N)c(Nc2cc(C(=O)Nc3cc(F)cc(N4CCOCC4)c3)ccc2Cl)c1. The lowest BCUT2D eigenvalue weighted by Gasteiger charge is -2.29. The summed E-state index contributed by atoms with van der Waals surface area (Å²) in [7, 11) is 4.09. The number of nitrogens with one attached hydrogen (secondary N) is 3. The first kappa shape index (κ1) is 27.5. The van der Waals surface area contributed by atoms with Gasteiger partial charge in [-0.1, -0.05) is 11.6 Å². The van der Waals surface area contributed by atoms with E-state index in [9.17, 15) is 9.18 Å². The van der Waals surface area contributed by atoms with Crippen molar-refractivity contribution in [3.8, 4) is 0 Å². The standard InChI is InChI=1S/C28H34ClFN6O2/c1-35(2)9-3-8-32-21-5-7-25(31)27(18-21)34-26-14-19(4-6-24(26)29)28(37)33-22-15-20(30)16-23(17-22)36-10-12-38-13-11-36/h4-7,14-18,32,34H,3,8-13,31H2,1-2H3,(H,33,37). The third-order valence-electron chi connectivity index (χ3n) is 6.18. The summed E-state index contributed by atoms with van der Waals surface area (Å²) in [6, 6.07) is 15.1. The molecule has 4 rings (SSSR count). The van der Waals surface area contributed by atoms with E-state index in [4.69, 9.17) is 22.1 Å². The van der Waals surface area contributed by atoms with Gasteiger partial charge in [0.15, 0.2) is 0 Å². The van der Waals surface area contributed by atoms with Crippen molar-refractivity contribution in [1.82, 2.24) is 4.90 Å². The number of carbonyl (C=O) groups excluding carboxylic acids is 1. The molecule has 0 bridgehead atoms. The van der Waals surface area contributed by atoms with Crippen molar-refractivity contribution in [3.05, 3.63) is 71.0 Å². The molecule has 1 heterocycles. The maximum Gasteiger partial charge on any atom is 0.255 e. The highest BCUT2D eigenvalue weighted by Gasteiger charge is 2.15. The third kappa shape index (κ3) is 7.50. The van der Waals surface area contributed by atoms with Crippen molar-refractivity contribution in [3.63, 3.8) is 0 Å². The van der Waals surface area contributed by atoms with Gasteiger partial charge in [-0.05, 0) is 81.7 Å². The number of ether oxygens (including phenoxy) is 1. The van der Waals surface area contributed by atoms with Crippen molar-refractivity contribution in [2.24, 2.45) is 0 Å². The first-order valence-electron chi connectivity index (χ1n) is 12.6. The summed E-state index contributed by atoms with van der Waals surface area (Å²) in [4.78, 5) is 17.2. The van der Waals surface area contributed by atoms with Crippen LogP contribution in [0.4, 0.5) is 38.5 Å². The van der Waals surface area contributed by atoms with Crippen LogP contribution in [0.15, 0.2) is 54.6 Å². The zero-order valence-corrected chi connectivity index (χ0v) is 22.4. The molecule has 3 aromatic carbocycles. The van der Waals surface area contributed by atoms with E-state index in [2.05, 4.69) is 20.9 Å². The van der Waals surface area contributed by atoms with Gasteiger partial charge in [-0.15, -0.1) is 0 Å². The highest BCUT2D eigenvalue weighted by Crippen LogP contribution is 2.32. The summed E-state index contributed by atoms with van der Waals surface area (Å²) < 4.78 is 19.7. The molecule has 5 N–H and O–H groups in total. The highest BCUT2D eigenvalue weighted by atomic mass is 35.5. The molecular formula is C28H34ClFN6O2. The second kappa shape index (κ2) is 12.8. The smallest absolute Gasteiger partial charge is 0.255 e. The number of amides is 1. The van der Waals surface area contributed by atoms with E-state index in [1.165, 1.54) is 12.1 Å². The van der Waals surface area contributed by atoms with Crippen molar-refractivity contribution in [2.75, 3.05) is 80.1 Å². The fourth-order valence-electron chi connectivity index (χ4n) is 4.16. The lowest BCUT2D eigenvalue weighted by molar-refractivity contribution is 0.102. The number of nitrogens with zero attached hydrogens (tertiary/aromatic N) is 2. The molecule has 0 radical (unpaired) electrons. The van der Waals surface area contributed by atoms with Gasteiger partial charge in [0.05, 0.1) is 35.3 Å². The van der Waals surface area contributed by atoms with E-state index >= 15 is 0 Å². The normalized spacial score (nSPS) is 13.4. The van der Waals surface area contributed by atoms with Crippen LogP contribution in [0.25, 0.3) is 0 Å². The number of nitrogen functional groups attached to an aromatic ring is 1. The molecular weight excluding hydrogens is 507 g/mol. The van der Waals surface area contributed by atoms with Gasteiger partial charge in [0.25, 0.3) is 5.91 Å². The van der Waals surface area contributed by atoms with E-state index in [1.807, 2.05) is 37.2 Å². The van der Waals surface area contributed by atoms with Crippen LogP contribution in [0.2, 0.25) is 5.02 Å². The molecule has 38 heavy (non-hydrogen) atoms. The molecule has 0 unspecified atom stereocenters. The number of carbonyl (C=O) groups is 1. The highest BCUT2D eigenvalue weighted by molar-refractivity contribution is 6.33. The maximum absolute atomic E-state index is 14.3. The molecule has 1 amide bonds. The summed E-state index contributed by atoms with van der Waals surface area (Å²) in [6.45, 7) is 4.31. The van der Waals surface area contributed by atoms with Crippen LogP contribution >= 0.6 is 11.6 Å². The first-order chi connectivity index (χ1) is 18.3. The average Bonchev–Trinajstić information content (AvgIpc) is 2.89. The topological polar surface area (TPSA) is 94.9 Å². The molecule has 202 valence electrons. The molecule has 10 heteroatoms. The van der Waals surface area contributed by atoms with Gasteiger partial charge >= 0.3 is 0 Å². The Morgan fingerprint density at radius 1 is 1.05 bits per heavy atom. The van der Waals surface area contributed by atoms with Crippen molar-refractivity contribution < 1.29 is 13.9 Å². The number of hydrogen-bond acceptors (Lipinski definition) is 7. The minimum atomic E-state index is -0.423. The summed E-state index contributed by atoms with van der Waals surface area (Å²) in [5, 5.41) is 9.88. The van der Waals surface area contributed by atoms with Crippen molar-refractivity contribution in [1.29, 1.82) is 0 Å². The number of rotatable bonds is 10. The van der Waals surface area contributed by atoms with E-state index < -0.39 is 5.82 Å². The van der Waals surface area contributed by atoms with E-state index in [-0.39, 0.29) is 5.91 Å². The summed E-state index contributed by atoms with van der Waals surface area (Å²) in [6.07, 6.45) is 1.00. The maximum atomic E-state index is 14.3. The van der Waals surface area contributed by atoms with E-state index in [0.29, 0.717) is 65.3 Å². The Kier molecular flexibility index (Phi) is 9.28. The molecule has 1 aliphatic rings. The predicted molar refractivity (Wildman–Crippen MR) is 155 cm³/mol. The number of hydrogen-bond donors (Lipinski definition) is 4. The van der Waals surface area contributed by atoms with E-state index in [1.54, 1.807) is 24.3 Å². The second-order valence-electron chi connectivity index (χ2n) is 9.46. The first-order valence-corrected chi connectivity index (χ1v) is 13.0. The molecule has 0 aromatic heterocycles. The molecule has 1 saturated heterocycles. The summed E-state index contributed by atoms with van der Waals surface area (Å²) >= 11 is 6.44. The number of benzene rings is 3. The van der Waals surface area contributed by atoms with Gasteiger partial charge < -0.3 is 36.2 Å². The number of halogens is 2. The third-order valence-corrected chi connectivity index (χ3v) is 6.51. The zero-order chi connectivity index (χ0) is 27.1. The fourth-order valence-corrected chi connectivity index (χ4v) is 4.33. The Bertz CT molecular complexity index is 1270. The molecule has 0 atom stereocenters. The number of anilines is 6. The Morgan fingerprint density at radius 3 is 2.61 bits per heavy atom. The average molecular weight is 541 g/mol. The van der Waals surface area contributed by atoms with Crippen molar-refractivity contribution >= 4 is 51.6 Å². The minimum absolute atomic E-state index is 0.366. The van der Waals surface area contributed by atoms with Gasteiger partial charge in [-0.2, -0.15) is 0 Å². The van der Waals surface area contributed by atoms with Gasteiger partial charge in [-0.3, -0.25) is 4.79 Å². The predicted octanol–water partition coefficient (Wildman–Crippen LogP) is 5.26. The van der Waals surface area contributed by atoms with Gasteiger partial charge in [-0.25, -0.2) is 4.39 Å². The Hall–Kier alpha value is -3.53. The second-order valence-corrected chi connectivity index (χ2v) is 9.86. The lowest BCUT2D eigenvalue weighted by atomic mass is 10.1.